The van der Waals surface area contributed by atoms with Crippen LogP contribution in [0.2, 0.25) is 0 Å². The molecule has 2 aromatic rings. The van der Waals surface area contributed by atoms with E-state index in [1.54, 1.807) is 38.1 Å². The van der Waals surface area contributed by atoms with Crippen LogP contribution in [0.3, 0.4) is 0 Å². The highest BCUT2D eigenvalue weighted by atomic mass is 16.5. The van der Waals surface area contributed by atoms with E-state index >= 15 is 0 Å². The van der Waals surface area contributed by atoms with Crippen LogP contribution in [-0.2, 0) is 25.2 Å². The van der Waals surface area contributed by atoms with Crippen LogP contribution < -0.4 is 5.32 Å². The number of nitrogens with one attached hydrogen (secondary N) is 1. The van der Waals surface area contributed by atoms with Crippen molar-refractivity contribution in [2.75, 3.05) is 18.5 Å². The number of carbonyl (C=O) groups excluding carboxylic acids is 1. The summed E-state index contributed by atoms with van der Waals surface area (Å²) in [5.41, 5.74) is 1.89. The van der Waals surface area contributed by atoms with E-state index in [0.29, 0.717) is 37.3 Å². The van der Waals surface area contributed by atoms with E-state index in [9.17, 15) is 14.7 Å². The number of hydrogen-bond acceptors (Lipinski definition) is 3. The number of amides is 1. The number of rotatable bonds is 5. The average molecular weight is 381 g/mol. The van der Waals surface area contributed by atoms with Gasteiger partial charge in [0, 0.05) is 18.9 Å². The molecule has 3 rings (SSSR count). The van der Waals surface area contributed by atoms with Crippen molar-refractivity contribution in [2.45, 2.75) is 44.4 Å². The number of ether oxygens (including phenoxy) is 1. The maximum absolute atomic E-state index is 13.4. The molecule has 0 aliphatic carbocycles. The van der Waals surface area contributed by atoms with Crippen molar-refractivity contribution >= 4 is 17.6 Å². The molecule has 0 unspecified atom stereocenters. The standard InChI is InChI=1S/C23H27NO4/c1-16-6-4-5-7-19(16)23(12-14-28-15-13-23)20(25)24-18-10-8-17(9-11-18)22(2,3)21(26)27/h4-11H,12-15H2,1-3H3,(H,24,25)(H,26,27). The summed E-state index contributed by atoms with van der Waals surface area (Å²) in [6.45, 7) is 6.46. The fraction of sp³-hybridized carbons (Fsp3) is 0.391. The predicted octanol–water partition coefficient (Wildman–Crippen LogP) is 4.04. The zero-order valence-electron chi connectivity index (χ0n) is 16.6. The minimum absolute atomic E-state index is 0.0460. The monoisotopic (exact) mass is 381 g/mol. The van der Waals surface area contributed by atoms with Gasteiger partial charge in [-0.25, -0.2) is 0 Å². The van der Waals surface area contributed by atoms with Crippen LogP contribution in [0.4, 0.5) is 5.69 Å². The van der Waals surface area contributed by atoms with Gasteiger partial charge in [0.2, 0.25) is 5.91 Å². The molecule has 0 radical (unpaired) electrons. The lowest BCUT2D eigenvalue weighted by atomic mass is 9.71. The van der Waals surface area contributed by atoms with Crippen molar-refractivity contribution in [1.82, 2.24) is 0 Å². The Bertz CT molecular complexity index is 864. The van der Waals surface area contributed by atoms with Gasteiger partial charge < -0.3 is 15.2 Å². The molecule has 0 bridgehead atoms. The Morgan fingerprint density at radius 2 is 1.64 bits per heavy atom. The van der Waals surface area contributed by atoms with E-state index in [4.69, 9.17) is 4.74 Å². The second-order valence-corrected chi connectivity index (χ2v) is 7.97. The molecular weight excluding hydrogens is 354 g/mol. The maximum atomic E-state index is 13.4. The SMILES string of the molecule is Cc1ccccc1C1(C(=O)Nc2ccc(C(C)(C)C(=O)O)cc2)CCOCC1. The highest BCUT2D eigenvalue weighted by molar-refractivity contribution is 5.99. The molecule has 1 aliphatic rings. The first-order chi connectivity index (χ1) is 13.3. The minimum Gasteiger partial charge on any atom is -0.481 e. The van der Waals surface area contributed by atoms with Crippen molar-refractivity contribution in [3.63, 3.8) is 0 Å². The van der Waals surface area contributed by atoms with Gasteiger partial charge in [-0.3, -0.25) is 9.59 Å². The number of aliphatic carboxylic acids is 1. The summed E-state index contributed by atoms with van der Waals surface area (Å²) >= 11 is 0. The first-order valence-corrected chi connectivity index (χ1v) is 9.57. The fourth-order valence-electron chi connectivity index (χ4n) is 3.79. The Balaban J connectivity index is 1.87. The van der Waals surface area contributed by atoms with Gasteiger partial charge in [0.05, 0.1) is 10.8 Å². The fourth-order valence-corrected chi connectivity index (χ4v) is 3.79. The lowest BCUT2D eigenvalue weighted by Gasteiger charge is -2.37. The zero-order valence-corrected chi connectivity index (χ0v) is 16.6. The number of hydrogen-bond donors (Lipinski definition) is 2. The predicted molar refractivity (Wildman–Crippen MR) is 109 cm³/mol. The first-order valence-electron chi connectivity index (χ1n) is 9.57. The highest BCUT2D eigenvalue weighted by Gasteiger charge is 2.42. The Morgan fingerprint density at radius 3 is 2.21 bits per heavy atom. The molecule has 2 aromatic carbocycles. The van der Waals surface area contributed by atoms with Gasteiger partial charge in [-0.05, 0) is 62.4 Å². The zero-order chi connectivity index (χ0) is 20.4. The van der Waals surface area contributed by atoms with Gasteiger partial charge in [-0.15, -0.1) is 0 Å². The lowest BCUT2D eigenvalue weighted by Crippen LogP contribution is -2.45. The Morgan fingerprint density at radius 1 is 1.04 bits per heavy atom. The molecule has 148 valence electrons. The summed E-state index contributed by atoms with van der Waals surface area (Å²) in [5.74, 6) is -0.930. The van der Waals surface area contributed by atoms with Crippen molar-refractivity contribution in [1.29, 1.82) is 0 Å². The largest absolute Gasteiger partial charge is 0.481 e. The second kappa shape index (κ2) is 7.76. The van der Waals surface area contributed by atoms with Crippen LogP contribution in [0.5, 0.6) is 0 Å². The smallest absolute Gasteiger partial charge is 0.313 e. The summed E-state index contributed by atoms with van der Waals surface area (Å²) < 4.78 is 5.53. The molecule has 1 heterocycles. The van der Waals surface area contributed by atoms with E-state index in [1.165, 1.54) is 0 Å². The van der Waals surface area contributed by atoms with Gasteiger partial charge in [-0.1, -0.05) is 36.4 Å². The number of aryl methyl sites for hydroxylation is 1. The molecule has 0 atom stereocenters. The molecule has 1 saturated heterocycles. The quantitative estimate of drug-likeness (QED) is 0.819. The number of carboxylic acid groups (broad SMARTS) is 1. The Hall–Kier alpha value is -2.66. The van der Waals surface area contributed by atoms with Crippen LogP contribution in [0.15, 0.2) is 48.5 Å². The van der Waals surface area contributed by atoms with Crippen LogP contribution in [0.25, 0.3) is 0 Å². The second-order valence-electron chi connectivity index (χ2n) is 7.97. The highest BCUT2D eigenvalue weighted by Crippen LogP contribution is 2.38. The summed E-state index contributed by atoms with van der Waals surface area (Å²) in [4.78, 5) is 24.8. The molecule has 1 fully saturated rings. The van der Waals surface area contributed by atoms with Gasteiger partial charge >= 0.3 is 5.97 Å². The van der Waals surface area contributed by atoms with Crippen LogP contribution in [-0.4, -0.2) is 30.2 Å². The molecule has 0 saturated carbocycles. The molecule has 0 aromatic heterocycles. The molecule has 5 heteroatoms. The average Bonchev–Trinajstić information content (AvgIpc) is 2.69. The molecule has 0 spiro atoms. The number of carboxylic acids is 1. The van der Waals surface area contributed by atoms with E-state index in [0.717, 1.165) is 11.1 Å². The first kappa shape index (κ1) is 20.1. The van der Waals surface area contributed by atoms with Crippen molar-refractivity contribution in [3.05, 3.63) is 65.2 Å². The topological polar surface area (TPSA) is 75.6 Å². The summed E-state index contributed by atoms with van der Waals surface area (Å²) in [6.07, 6.45) is 1.27. The van der Waals surface area contributed by atoms with E-state index in [-0.39, 0.29) is 5.91 Å². The van der Waals surface area contributed by atoms with Gasteiger partial charge in [0.1, 0.15) is 0 Å². The minimum atomic E-state index is -0.981. The normalized spacial score (nSPS) is 16.4. The van der Waals surface area contributed by atoms with Crippen LogP contribution >= 0.6 is 0 Å². The van der Waals surface area contributed by atoms with E-state index in [1.807, 2.05) is 31.2 Å². The third-order valence-electron chi connectivity index (χ3n) is 5.84. The van der Waals surface area contributed by atoms with Crippen molar-refractivity contribution < 1.29 is 19.4 Å². The summed E-state index contributed by atoms with van der Waals surface area (Å²) in [5, 5.41) is 12.4. The molecule has 28 heavy (non-hydrogen) atoms. The van der Waals surface area contributed by atoms with E-state index < -0.39 is 16.8 Å². The number of anilines is 1. The Kier molecular flexibility index (Phi) is 5.57. The lowest BCUT2D eigenvalue weighted by molar-refractivity contribution is -0.142. The maximum Gasteiger partial charge on any atom is 0.313 e. The summed E-state index contributed by atoms with van der Waals surface area (Å²) in [6, 6.07) is 15.1. The van der Waals surface area contributed by atoms with Crippen molar-refractivity contribution in [2.24, 2.45) is 0 Å². The molecule has 2 N–H and O–H groups in total. The Labute approximate surface area is 165 Å². The van der Waals surface area contributed by atoms with Crippen LogP contribution in [0.1, 0.15) is 43.4 Å². The molecule has 1 aliphatic heterocycles. The number of benzene rings is 2. The van der Waals surface area contributed by atoms with Crippen molar-refractivity contribution in [3.8, 4) is 0 Å². The third kappa shape index (κ3) is 3.67. The van der Waals surface area contributed by atoms with Gasteiger partial charge in [-0.2, -0.15) is 0 Å². The molecule has 1 amide bonds. The van der Waals surface area contributed by atoms with E-state index in [2.05, 4.69) is 5.32 Å². The number of carbonyl (C=O) groups is 2. The molecule has 5 nitrogen and oxygen atoms in total. The molecular formula is C23H27NO4. The van der Waals surface area contributed by atoms with Crippen LogP contribution in [0, 0.1) is 6.92 Å². The third-order valence-corrected chi connectivity index (χ3v) is 5.84. The summed E-state index contributed by atoms with van der Waals surface area (Å²) in [7, 11) is 0. The van der Waals surface area contributed by atoms with Gasteiger partial charge in [0.15, 0.2) is 0 Å². The van der Waals surface area contributed by atoms with Gasteiger partial charge in [0.25, 0.3) is 0 Å².